The zero-order chi connectivity index (χ0) is 12.4. The largest absolute Gasteiger partial charge is 0.369 e. The molecule has 1 aromatic rings. The van der Waals surface area contributed by atoms with Crippen molar-refractivity contribution >= 4 is 5.69 Å². The molecule has 0 radical (unpaired) electrons. The van der Waals surface area contributed by atoms with E-state index in [1.165, 1.54) is 63.1 Å². The van der Waals surface area contributed by atoms with Gasteiger partial charge in [0.15, 0.2) is 0 Å². The van der Waals surface area contributed by atoms with Crippen LogP contribution in [0.4, 0.5) is 5.69 Å². The Kier molecular flexibility index (Phi) is 3.55. The summed E-state index contributed by atoms with van der Waals surface area (Å²) in [6.45, 7) is 7.33. The van der Waals surface area contributed by atoms with Gasteiger partial charge in [-0.15, -0.1) is 0 Å². The summed E-state index contributed by atoms with van der Waals surface area (Å²) in [7, 11) is 0. The number of anilines is 1. The summed E-state index contributed by atoms with van der Waals surface area (Å²) in [6.07, 6.45) is 5.29. The molecule has 0 saturated carbocycles. The lowest BCUT2D eigenvalue weighted by Gasteiger charge is -2.29. The van der Waals surface area contributed by atoms with E-state index in [-0.39, 0.29) is 0 Å². The maximum absolute atomic E-state index is 2.70. The van der Waals surface area contributed by atoms with Crippen LogP contribution < -0.4 is 4.90 Å². The van der Waals surface area contributed by atoms with Crippen LogP contribution in [0, 0.1) is 0 Å². The van der Waals surface area contributed by atoms with Crippen molar-refractivity contribution in [2.24, 2.45) is 0 Å². The normalized spacial score (nSPS) is 23.6. The Hall–Kier alpha value is -1.02. The minimum absolute atomic E-state index is 0.788. The second-order valence-corrected chi connectivity index (χ2v) is 5.66. The Morgan fingerprint density at radius 3 is 3.00 bits per heavy atom. The Labute approximate surface area is 111 Å². The van der Waals surface area contributed by atoms with Crippen molar-refractivity contribution in [3.05, 3.63) is 29.8 Å². The van der Waals surface area contributed by atoms with Crippen LogP contribution in [-0.2, 0) is 6.42 Å². The van der Waals surface area contributed by atoms with Gasteiger partial charge >= 0.3 is 0 Å². The highest BCUT2D eigenvalue weighted by atomic mass is 15.2. The summed E-state index contributed by atoms with van der Waals surface area (Å²) in [4.78, 5) is 5.30. The fourth-order valence-electron chi connectivity index (χ4n) is 3.53. The third-order valence-corrected chi connectivity index (χ3v) is 4.42. The molecular formula is C16H24N2. The molecule has 98 valence electrons. The monoisotopic (exact) mass is 244 g/mol. The van der Waals surface area contributed by atoms with E-state index in [4.69, 9.17) is 0 Å². The molecular weight excluding hydrogens is 220 g/mol. The first-order valence-corrected chi connectivity index (χ1v) is 7.45. The minimum atomic E-state index is 0.788. The molecule has 2 nitrogen and oxygen atoms in total. The predicted octanol–water partition coefficient (Wildman–Crippen LogP) is 2.92. The van der Waals surface area contributed by atoms with E-state index in [0.717, 1.165) is 6.04 Å². The third kappa shape index (κ3) is 2.26. The molecule has 1 saturated heterocycles. The zero-order valence-electron chi connectivity index (χ0n) is 11.4. The highest BCUT2D eigenvalue weighted by Gasteiger charge is 2.28. The molecule has 0 spiro atoms. The molecule has 1 fully saturated rings. The van der Waals surface area contributed by atoms with E-state index in [1.54, 1.807) is 0 Å². The van der Waals surface area contributed by atoms with Crippen LogP contribution in [-0.4, -0.2) is 37.1 Å². The summed E-state index contributed by atoms with van der Waals surface area (Å²) in [5, 5.41) is 0. The van der Waals surface area contributed by atoms with E-state index in [0.29, 0.717) is 0 Å². The van der Waals surface area contributed by atoms with Crippen molar-refractivity contribution < 1.29 is 0 Å². The lowest BCUT2D eigenvalue weighted by molar-refractivity contribution is 0.256. The van der Waals surface area contributed by atoms with E-state index in [2.05, 4.69) is 41.0 Å². The summed E-state index contributed by atoms with van der Waals surface area (Å²) < 4.78 is 0. The number of likely N-dealkylation sites (tertiary alicyclic amines) is 1. The standard InChI is InChI=1S/C16H24N2/c1-2-10-17-11-5-7-15(17)13-18-12-9-14-6-3-4-8-16(14)18/h3-4,6,8,15H,2,5,7,9-13H2,1H3/t15-/m0/s1. The summed E-state index contributed by atoms with van der Waals surface area (Å²) in [5.41, 5.74) is 3.03. The van der Waals surface area contributed by atoms with Gasteiger partial charge in [0.2, 0.25) is 0 Å². The molecule has 18 heavy (non-hydrogen) atoms. The van der Waals surface area contributed by atoms with Gasteiger partial charge in [0, 0.05) is 24.8 Å². The summed E-state index contributed by atoms with van der Waals surface area (Å²) in [6, 6.07) is 9.71. The number of hydrogen-bond donors (Lipinski definition) is 0. The van der Waals surface area contributed by atoms with Crippen molar-refractivity contribution in [1.29, 1.82) is 0 Å². The highest BCUT2D eigenvalue weighted by molar-refractivity contribution is 5.57. The Morgan fingerprint density at radius 2 is 2.11 bits per heavy atom. The SMILES string of the molecule is CCCN1CCC[C@H]1CN1CCc2ccccc21. The molecule has 0 aliphatic carbocycles. The Balaban J connectivity index is 1.67. The number of para-hydroxylation sites is 1. The van der Waals surface area contributed by atoms with Gasteiger partial charge in [-0.25, -0.2) is 0 Å². The number of rotatable bonds is 4. The molecule has 1 atom stereocenters. The van der Waals surface area contributed by atoms with Gasteiger partial charge in [-0.3, -0.25) is 4.90 Å². The molecule has 2 heterocycles. The molecule has 1 aromatic carbocycles. The van der Waals surface area contributed by atoms with Gasteiger partial charge < -0.3 is 4.90 Å². The van der Waals surface area contributed by atoms with E-state index in [1.807, 2.05) is 0 Å². The predicted molar refractivity (Wildman–Crippen MR) is 77.2 cm³/mol. The topological polar surface area (TPSA) is 6.48 Å². The first-order valence-electron chi connectivity index (χ1n) is 7.45. The second kappa shape index (κ2) is 5.31. The Bertz CT molecular complexity index is 402. The van der Waals surface area contributed by atoms with Crippen LogP contribution in [0.1, 0.15) is 31.7 Å². The van der Waals surface area contributed by atoms with Gasteiger partial charge in [-0.05, 0) is 50.4 Å². The van der Waals surface area contributed by atoms with Crippen molar-refractivity contribution in [1.82, 2.24) is 4.90 Å². The van der Waals surface area contributed by atoms with Crippen molar-refractivity contribution in [3.63, 3.8) is 0 Å². The smallest absolute Gasteiger partial charge is 0.0400 e. The Morgan fingerprint density at radius 1 is 1.22 bits per heavy atom. The summed E-state index contributed by atoms with van der Waals surface area (Å²) >= 11 is 0. The number of benzene rings is 1. The first kappa shape index (κ1) is 12.0. The maximum atomic E-state index is 2.70. The molecule has 0 unspecified atom stereocenters. The lowest BCUT2D eigenvalue weighted by atomic mass is 10.1. The number of hydrogen-bond acceptors (Lipinski definition) is 2. The number of nitrogens with zero attached hydrogens (tertiary/aromatic N) is 2. The maximum Gasteiger partial charge on any atom is 0.0400 e. The average Bonchev–Trinajstić information content (AvgIpc) is 2.99. The summed E-state index contributed by atoms with van der Waals surface area (Å²) in [5.74, 6) is 0. The van der Waals surface area contributed by atoms with Crippen LogP contribution in [0.5, 0.6) is 0 Å². The van der Waals surface area contributed by atoms with E-state index >= 15 is 0 Å². The molecule has 0 aromatic heterocycles. The van der Waals surface area contributed by atoms with Gasteiger partial charge in [-0.2, -0.15) is 0 Å². The van der Waals surface area contributed by atoms with Crippen molar-refractivity contribution in [3.8, 4) is 0 Å². The van der Waals surface area contributed by atoms with Crippen LogP contribution >= 0.6 is 0 Å². The molecule has 0 N–H and O–H groups in total. The van der Waals surface area contributed by atoms with Gasteiger partial charge in [-0.1, -0.05) is 25.1 Å². The van der Waals surface area contributed by atoms with Crippen molar-refractivity contribution in [2.45, 2.75) is 38.6 Å². The molecule has 3 rings (SSSR count). The van der Waals surface area contributed by atoms with Crippen LogP contribution in [0.3, 0.4) is 0 Å². The minimum Gasteiger partial charge on any atom is -0.369 e. The molecule has 0 bridgehead atoms. The average molecular weight is 244 g/mol. The quantitative estimate of drug-likeness (QED) is 0.803. The van der Waals surface area contributed by atoms with Gasteiger partial charge in [0.05, 0.1) is 0 Å². The molecule has 2 aliphatic rings. The van der Waals surface area contributed by atoms with Crippen molar-refractivity contribution in [2.75, 3.05) is 31.1 Å². The second-order valence-electron chi connectivity index (χ2n) is 5.66. The first-order chi connectivity index (χ1) is 8.88. The van der Waals surface area contributed by atoms with Gasteiger partial charge in [0.25, 0.3) is 0 Å². The molecule has 2 heteroatoms. The zero-order valence-corrected chi connectivity index (χ0v) is 11.4. The highest BCUT2D eigenvalue weighted by Crippen LogP contribution is 2.29. The lowest BCUT2D eigenvalue weighted by Crippen LogP contribution is -2.40. The van der Waals surface area contributed by atoms with Gasteiger partial charge in [0.1, 0.15) is 0 Å². The molecule has 2 aliphatic heterocycles. The van der Waals surface area contributed by atoms with Crippen LogP contribution in [0.25, 0.3) is 0 Å². The number of fused-ring (bicyclic) bond motifs is 1. The fourth-order valence-corrected chi connectivity index (χ4v) is 3.53. The fraction of sp³-hybridized carbons (Fsp3) is 0.625. The van der Waals surface area contributed by atoms with Crippen LogP contribution in [0.15, 0.2) is 24.3 Å². The molecule has 0 amide bonds. The van der Waals surface area contributed by atoms with Crippen LogP contribution in [0.2, 0.25) is 0 Å². The van der Waals surface area contributed by atoms with E-state index < -0.39 is 0 Å². The van der Waals surface area contributed by atoms with E-state index in [9.17, 15) is 0 Å². The third-order valence-electron chi connectivity index (χ3n) is 4.42.